The predicted molar refractivity (Wildman–Crippen MR) is 62.6 cm³/mol. The van der Waals surface area contributed by atoms with Gasteiger partial charge < -0.3 is 10.1 Å². The third-order valence-electron chi connectivity index (χ3n) is 2.46. The van der Waals surface area contributed by atoms with Crippen LogP contribution in [0.5, 0.6) is 0 Å². The van der Waals surface area contributed by atoms with Crippen molar-refractivity contribution in [3.05, 3.63) is 0 Å². The third-order valence-corrected chi connectivity index (χ3v) is 2.46. The Balaban J connectivity index is 3.48. The van der Waals surface area contributed by atoms with E-state index in [4.69, 9.17) is 4.74 Å². The van der Waals surface area contributed by atoms with Crippen molar-refractivity contribution in [2.45, 2.75) is 53.7 Å². The van der Waals surface area contributed by atoms with Crippen molar-refractivity contribution < 1.29 is 4.74 Å². The molecule has 2 atom stereocenters. The van der Waals surface area contributed by atoms with Crippen molar-refractivity contribution in [3.8, 4) is 0 Å². The van der Waals surface area contributed by atoms with Gasteiger partial charge in [-0.1, -0.05) is 34.6 Å². The van der Waals surface area contributed by atoms with Gasteiger partial charge in [-0.3, -0.25) is 0 Å². The van der Waals surface area contributed by atoms with Crippen molar-refractivity contribution in [3.63, 3.8) is 0 Å². The molecule has 0 amide bonds. The lowest BCUT2D eigenvalue weighted by Crippen LogP contribution is -2.31. The highest BCUT2D eigenvalue weighted by atomic mass is 16.5. The minimum absolute atomic E-state index is 0.372. The fourth-order valence-electron chi connectivity index (χ4n) is 1.00. The summed E-state index contributed by atoms with van der Waals surface area (Å²) in [5.74, 6) is 1.21. The first-order valence-electron chi connectivity index (χ1n) is 5.78. The molecule has 14 heavy (non-hydrogen) atoms. The molecule has 0 saturated carbocycles. The van der Waals surface area contributed by atoms with Crippen LogP contribution in [0.15, 0.2) is 0 Å². The summed E-state index contributed by atoms with van der Waals surface area (Å²) >= 11 is 0. The SMILES string of the molecule is CC(CNC(C)C)COC(C)C(C)C. The second-order valence-corrected chi connectivity index (χ2v) is 4.95. The predicted octanol–water partition coefficient (Wildman–Crippen LogP) is 2.68. The molecule has 0 aromatic carbocycles. The Morgan fingerprint density at radius 1 is 1.00 bits per heavy atom. The monoisotopic (exact) mass is 201 g/mol. The molecule has 0 saturated heterocycles. The van der Waals surface area contributed by atoms with Crippen LogP contribution in [-0.2, 0) is 4.74 Å². The number of hydrogen-bond acceptors (Lipinski definition) is 2. The van der Waals surface area contributed by atoms with Gasteiger partial charge in [-0.15, -0.1) is 0 Å². The largest absolute Gasteiger partial charge is 0.378 e. The second-order valence-electron chi connectivity index (χ2n) is 4.95. The maximum absolute atomic E-state index is 5.76. The molecule has 0 aliphatic rings. The van der Waals surface area contributed by atoms with E-state index in [-0.39, 0.29) is 0 Å². The summed E-state index contributed by atoms with van der Waals surface area (Å²) in [6, 6.07) is 0.569. The summed E-state index contributed by atoms with van der Waals surface area (Å²) < 4.78 is 5.76. The van der Waals surface area contributed by atoms with Gasteiger partial charge >= 0.3 is 0 Å². The Morgan fingerprint density at radius 3 is 2.00 bits per heavy atom. The van der Waals surface area contributed by atoms with E-state index in [0.717, 1.165) is 13.2 Å². The third kappa shape index (κ3) is 7.34. The Hall–Kier alpha value is -0.0800. The van der Waals surface area contributed by atoms with Crippen molar-refractivity contribution in [2.75, 3.05) is 13.2 Å². The molecule has 86 valence electrons. The molecule has 0 aromatic rings. The van der Waals surface area contributed by atoms with Gasteiger partial charge in [0.25, 0.3) is 0 Å². The number of nitrogens with one attached hydrogen (secondary N) is 1. The molecule has 0 heterocycles. The van der Waals surface area contributed by atoms with E-state index in [1.807, 2.05) is 0 Å². The van der Waals surface area contributed by atoms with Crippen molar-refractivity contribution in [1.29, 1.82) is 0 Å². The van der Waals surface area contributed by atoms with E-state index in [0.29, 0.717) is 24.0 Å². The first-order chi connectivity index (χ1) is 6.43. The molecule has 0 spiro atoms. The topological polar surface area (TPSA) is 21.3 Å². The lowest BCUT2D eigenvalue weighted by atomic mass is 10.1. The molecule has 0 rings (SSSR count). The van der Waals surface area contributed by atoms with Gasteiger partial charge in [-0.2, -0.15) is 0 Å². The average Bonchev–Trinajstić information content (AvgIpc) is 2.10. The first-order valence-corrected chi connectivity index (χ1v) is 5.78. The standard InChI is InChI=1S/C12H27NO/c1-9(2)12(6)14-8-11(5)7-13-10(3)4/h9-13H,7-8H2,1-6H3. The molecular weight excluding hydrogens is 174 g/mol. The lowest BCUT2D eigenvalue weighted by Gasteiger charge is -2.20. The molecule has 0 fully saturated rings. The molecule has 2 nitrogen and oxygen atoms in total. The molecule has 0 aliphatic heterocycles. The highest BCUT2D eigenvalue weighted by Crippen LogP contribution is 2.07. The fourth-order valence-corrected chi connectivity index (χ4v) is 1.00. The van der Waals surface area contributed by atoms with Crippen LogP contribution in [-0.4, -0.2) is 25.3 Å². The summed E-state index contributed by atoms with van der Waals surface area (Å²) in [5.41, 5.74) is 0. The van der Waals surface area contributed by atoms with E-state index in [1.54, 1.807) is 0 Å². The van der Waals surface area contributed by atoms with Gasteiger partial charge in [-0.05, 0) is 18.8 Å². The quantitative estimate of drug-likeness (QED) is 0.684. The molecule has 0 aromatic heterocycles. The molecule has 0 aliphatic carbocycles. The molecule has 2 heteroatoms. The van der Waals surface area contributed by atoms with Gasteiger partial charge in [0.1, 0.15) is 0 Å². The summed E-state index contributed by atoms with van der Waals surface area (Å²) in [6.07, 6.45) is 0.372. The van der Waals surface area contributed by atoms with Crippen LogP contribution in [0.25, 0.3) is 0 Å². The van der Waals surface area contributed by atoms with Crippen LogP contribution in [0.4, 0.5) is 0 Å². The summed E-state index contributed by atoms with van der Waals surface area (Å²) in [7, 11) is 0. The average molecular weight is 201 g/mol. The molecule has 1 N–H and O–H groups in total. The van der Waals surface area contributed by atoms with Crippen molar-refractivity contribution >= 4 is 0 Å². The summed E-state index contributed by atoms with van der Waals surface area (Å²) in [5, 5.41) is 3.42. The molecule has 0 bridgehead atoms. The van der Waals surface area contributed by atoms with Crippen molar-refractivity contribution in [2.24, 2.45) is 11.8 Å². The minimum Gasteiger partial charge on any atom is -0.378 e. The Bertz CT molecular complexity index is 134. The minimum atomic E-state index is 0.372. The fraction of sp³-hybridized carbons (Fsp3) is 1.00. The second kappa shape index (κ2) is 7.24. The van der Waals surface area contributed by atoms with Crippen LogP contribution < -0.4 is 5.32 Å². The number of ether oxygens (including phenoxy) is 1. The maximum Gasteiger partial charge on any atom is 0.0570 e. The number of rotatable bonds is 7. The van der Waals surface area contributed by atoms with Gasteiger partial charge in [0.2, 0.25) is 0 Å². The van der Waals surface area contributed by atoms with Gasteiger partial charge in [-0.25, -0.2) is 0 Å². The Kier molecular flexibility index (Phi) is 7.20. The zero-order chi connectivity index (χ0) is 11.1. The van der Waals surface area contributed by atoms with Gasteiger partial charge in [0.15, 0.2) is 0 Å². The lowest BCUT2D eigenvalue weighted by molar-refractivity contribution is 0.0167. The van der Waals surface area contributed by atoms with Gasteiger partial charge in [0.05, 0.1) is 12.7 Å². The Labute approximate surface area is 89.4 Å². The first kappa shape index (κ1) is 13.9. The smallest absolute Gasteiger partial charge is 0.0570 e. The van der Waals surface area contributed by atoms with E-state index in [2.05, 4.69) is 46.9 Å². The van der Waals surface area contributed by atoms with Gasteiger partial charge in [0, 0.05) is 12.6 Å². The highest BCUT2D eigenvalue weighted by Gasteiger charge is 2.09. The molecule has 0 radical (unpaired) electrons. The molecular formula is C12H27NO. The normalized spacial score (nSPS) is 16.3. The summed E-state index contributed by atoms with van der Waals surface area (Å²) in [4.78, 5) is 0. The Morgan fingerprint density at radius 2 is 1.57 bits per heavy atom. The van der Waals surface area contributed by atoms with Crippen molar-refractivity contribution in [1.82, 2.24) is 5.32 Å². The summed E-state index contributed by atoms with van der Waals surface area (Å²) in [6.45, 7) is 15.0. The van der Waals surface area contributed by atoms with Crippen LogP contribution >= 0.6 is 0 Å². The van der Waals surface area contributed by atoms with E-state index < -0.39 is 0 Å². The van der Waals surface area contributed by atoms with E-state index in [1.165, 1.54) is 0 Å². The van der Waals surface area contributed by atoms with Crippen LogP contribution in [0.2, 0.25) is 0 Å². The number of hydrogen-bond donors (Lipinski definition) is 1. The maximum atomic E-state index is 5.76. The van der Waals surface area contributed by atoms with E-state index in [9.17, 15) is 0 Å². The highest BCUT2D eigenvalue weighted by molar-refractivity contribution is 4.61. The van der Waals surface area contributed by atoms with Crippen LogP contribution in [0, 0.1) is 11.8 Å². The molecule has 2 unspecified atom stereocenters. The van der Waals surface area contributed by atoms with Crippen LogP contribution in [0.3, 0.4) is 0 Å². The van der Waals surface area contributed by atoms with E-state index >= 15 is 0 Å². The zero-order valence-corrected chi connectivity index (χ0v) is 10.6. The zero-order valence-electron chi connectivity index (χ0n) is 10.6. The van der Waals surface area contributed by atoms with Crippen LogP contribution in [0.1, 0.15) is 41.5 Å².